The molecule has 0 saturated carbocycles. The van der Waals surface area contributed by atoms with Gasteiger partial charge in [0, 0.05) is 66.0 Å². The number of imide groups is 2. The number of carbonyl (C=O) groups excluding carboxylic acids is 7. The Hall–Kier alpha value is -3.27. The lowest BCUT2D eigenvalue weighted by molar-refractivity contribution is -0.195. The summed E-state index contributed by atoms with van der Waals surface area (Å²) in [7, 11) is 0. The van der Waals surface area contributed by atoms with Gasteiger partial charge in [-0.2, -0.15) is 0 Å². The molecule has 54 heavy (non-hydrogen) atoms. The molecule has 2 aliphatic rings. The summed E-state index contributed by atoms with van der Waals surface area (Å²) in [5, 5.41) is 31.3. The number of aliphatic hydroxyl groups excluding tert-OH is 4. The molecule has 15 nitrogen and oxygen atoms in total. The standard InChI is InChI=1S/2C6H7NO4.2C6H14.C3H6O.4C2H6O.2C2H6/c2*1-4(8)11-7-5(9)2-3-6(7)10;2*1-4-6(3)5-2;1-3(2)4;4*1-2-3;2*1-2/h2*2-3H2,1H3;2*6H,4-5H2,1-3H3;1-2H3;4*3H,2H2,1H3;2*1-2H3. The minimum Gasteiger partial charge on any atom is -0.397 e. The molecule has 0 bridgehead atoms. The van der Waals surface area contributed by atoms with Crippen LogP contribution in [0.1, 0.15) is 176 Å². The van der Waals surface area contributed by atoms with Crippen LogP contribution in [0.4, 0.5) is 0 Å². The Bertz CT molecular complexity index is 744. The molecule has 2 heterocycles. The van der Waals surface area contributed by atoms with Gasteiger partial charge < -0.3 is 34.9 Å². The van der Waals surface area contributed by atoms with Gasteiger partial charge in [0.1, 0.15) is 5.78 Å². The van der Waals surface area contributed by atoms with Crippen LogP contribution < -0.4 is 0 Å². The highest BCUT2D eigenvalue weighted by molar-refractivity contribution is 6.02. The van der Waals surface area contributed by atoms with Crippen molar-refractivity contribution >= 4 is 41.4 Å². The first kappa shape index (κ1) is 72.0. The SMILES string of the molecule is CC.CC.CC(=O)ON1C(=O)CCC1=O.CC(=O)ON1C(=O)CCC1=O.CC(C)=O.CCC(C)CC.CCC(C)CC.CCO.CCO.CCO.CCO. The average molecular weight is 789 g/mol. The fourth-order valence-corrected chi connectivity index (χ4v) is 2.15. The molecule has 0 atom stereocenters. The lowest BCUT2D eigenvalue weighted by atomic mass is 10.1. The summed E-state index contributed by atoms with van der Waals surface area (Å²) in [5.41, 5.74) is 0. The van der Waals surface area contributed by atoms with E-state index in [1.807, 2.05) is 27.7 Å². The smallest absolute Gasteiger partial charge is 0.330 e. The predicted octanol–water partition coefficient (Wildman–Crippen LogP) is 6.75. The predicted molar refractivity (Wildman–Crippen MR) is 215 cm³/mol. The summed E-state index contributed by atoms with van der Waals surface area (Å²) in [5.74, 6) is -1.09. The van der Waals surface area contributed by atoms with Gasteiger partial charge in [-0.15, -0.1) is 10.1 Å². The Morgan fingerprint density at radius 3 is 0.685 bits per heavy atom. The summed E-state index contributed by atoms with van der Waals surface area (Å²) in [6.07, 6.45) is 5.84. The molecule has 15 heteroatoms. The zero-order valence-corrected chi connectivity index (χ0v) is 37.5. The van der Waals surface area contributed by atoms with Gasteiger partial charge in [0.2, 0.25) is 0 Å². The number of hydrogen-bond donors (Lipinski definition) is 4. The van der Waals surface area contributed by atoms with Crippen molar-refractivity contribution in [1.82, 2.24) is 10.1 Å². The van der Waals surface area contributed by atoms with Gasteiger partial charge in [0.15, 0.2) is 0 Å². The van der Waals surface area contributed by atoms with Gasteiger partial charge in [0.05, 0.1) is 0 Å². The van der Waals surface area contributed by atoms with Gasteiger partial charge in [-0.1, -0.05) is 94.9 Å². The van der Waals surface area contributed by atoms with Crippen molar-refractivity contribution in [2.45, 2.75) is 176 Å². The number of hydroxylamine groups is 4. The fourth-order valence-electron chi connectivity index (χ4n) is 2.15. The van der Waals surface area contributed by atoms with Crippen LogP contribution in [0, 0.1) is 11.8 Å². The maximum Gasteiger partial charge on any atom is 0.330 e. The second kappa shape index (κ2) is 61.8. The van der Waals surface area contributed by atoms with Gasteiger partial charge >= 0.3 is 11.9 Å². The number of ketones is 1. The van der Waals surface area contributed by atoms with Crippen molar-refractivity contribution in [1.29, 1.82) is 0 Å². The minimum atomic E-state index is -0.659. The fraction of sp³-hybridized carbons (Fsp3) is 0.821. The molecule has 0 aromatic heterocycles. The quantitative estimate of drug-likeness (QED) is 0.205. The van der Waals surface area contributed by atoms with Crippen molar-refractivity contribution in [3.63, 3.8) is 0 Å². The molecule has 2 fully saturated rings. The molecule has 4 amide bonds. The molecule has 0 spiro atoms. The van der Waals surface area contributed by atoms with Gasteiger partial charge in [-0.3, -0.25) is 19.2 Å². The summed E-state index contributed by atoms with van der Waals surface area (Å²) in [6.45, 7) is 34.5. The van der Waals surface area contributed by atoms with E-state index < -0.39 is 35.6 Å². The molecular weight excluding hydrogens is 704 g/mol. The van der Waals surface area contributed by atoms with E-state index in [1.165, 1.54) is 39.5 Å². The van der Waals surface area contributed by atoms with E-state index in [0.29, 0.717) is 10.1 Å². The van der Waals surface area contributed by atoms with Crippen LogP contribution in [0.2, 0.25) is 0 Å². The molecule has 0 aromatic rings. The van der Waals surface area contributed by atoms with Crippen molar-refractivity contribution in [3.05, 3.63) is 0 Å². The van der Waals surface area contributed by atoms with E-state index >= 15 is 0 Å². The number of nitrogens with zero attached hydrogens (tertiary/aromatic N) is 2. The summed E-state index contributed by atoms with van der Waals surface area (Å²) in [4.78, 5) is 81.7. The van der Waals surface area contributed by atoms with Crippen LogP contribution in [0.3, 0.4) is 0 Å². The summed E-state index contributed by atoms with van der Waals surface area (Å²) in [6, 6.07) is 0. The van der Waals surface area contributed by atoms with E-state index in [-0.39, 0.29) is 57.9 Å². The molecule has 0 radical (unpaired) electrons. The van der Waals surface area contributed by atoms with E-state index in [9.17, 15) is 33.6 Å². The van der Waals surface area contributed by atoms with Crippen molar-refractivity contribution < 1.29 is 63.7 Å². The second-order valence-corrected chi connectivity index (χ2v) is 10.3. The lowest BCUT2D eigenvalue weighted by Crippen LogP contribution is -2.30. The Kier molecular flexibility index (Phi) is 82.4. The number of aliphatic hydroxyl groups is 4. The molecule has 2 rings (SSSR count). The Balaban J connectivity index is -0.0000000627. The van der Waals surface area contributed by atoms with Crippen LogP contribution in [0.25, 0.3) is 0 Å². The first-order valence-electron chi connectivity index (χ1n) is 19.2. The summed E-state index contributed by atoms with van der Waals surface area (Å²) < 4.78 is 0. The van der Waals surface area contributed by atoms with E-state index in [0.717, 1.165) is 25.7 Å². The molecule has 4 N–H and O–H groups in total. The van der Waals surface area contributed by atoms with Crippen molar-refractivity contribution in [2.75, 3.05) is 26.4 Å². The van der Waals surface area contributed by atoms with Gasteiger partial charge in [-0.25, -0.2) is 9.59 Å². The van der Waals surface area contributed by atoms with E-state index in [4.69, 9.17) is 20.4 Å². The first-order chi connectivity index (χ1) is 25.2. The number of amides is 4. The third kappa shape index (κ3) is 74.0. The zero-order valence-electron chi connectivity index (χ0n) is 37.5. The number of Topliss-reactive ketones (excluding diaryl/α,β-unsaturated/α-hetero) is 1. The lowest BCUT2D eigenvalue weighted by Gasteiger charge is -2.09. The van der Waals surface area contributed by atoms with E-state index in [1.54, 1.807) is 27.7 Å². The molecule has 2 aliphatic heterocycles. The molecule has 0 aliphatic carbocycles. The Labute approximate surface area is 329 Å². The van der Waals surface area contributed by atoms with Crippen LogP contribution >= 0.6 is 0 Å². The Morgan fingerprint density at radius 2 is 0.611 bits per heavy atom. The highest BCUT2D eigenvalue weighted by Gasteiger charge is 2.32. The first-order valence-corrected chi connectivity index (χ1v) is 19.2. The zero-order chi connectivity index (χ0) is 45.3. The largest absolute Gasteiger partial charge is 0.397 e. The molecule has 2 saturated heterocycles. The third-order valence-electron chi connectivity index (χ3n) is 5.24. The maximum atomic E-state index is 10.7. The number of rotatable bonds is 6. The van der Waals surface area contributed by atoms with Crippen LogP contribution in [0.5, 0.6) is 0 Å². The second-order valence-electron chi connectivity index (χ2n) is 10.3. The molecule has 0 aromatic carbocycles. The number of hydrogen-bond acceptors (Lipinski definition) is 13. The highest BCUT2D eigenvalue weighted by Crippen LogP contribution is 2.12. The van der Waals surface area contributed by atoms with Gasteiger partial charge in [0.25, 0.3) is 23.6 Å². The van der Waals surface area contributed by atoms with Crippen LogP contribution in [-0.2, 0) is 43.2 Å². The molecule has 328 valence electrons. The highest BCUT2D eigenvalue weighted by atomic mass is 16.7. The van der Waals surface area contributed by atoms with Crippen molar-refractivity contribution in [3.8, 4) is 0 Å². The van der Waals surface area contributed by atoms with Crippen LogP contribution in [0.15, 0.2) is 0 Å². The molecule has 0 unspecified atom stereocenters. The normalized spacial score (nSPS) is 11.3. The molecular formula is C39H84N2O13. The monoisotopic (exact) mass is 789 g/mol. The minimum absolute atomic E-state index is 0.131. The summed E-state index contributed by atoms with van der Waals surface area (Å²) >= 11 is 0. The average Bonchev–Trinajstić information content (AvgIpc) is 3.61. The Morgan fingerprint density at radius 1 is 0.481 bits per heavy atom. The van der Waals surface area contributed by atoms with Crippen LogP contribution in [-0.4, -0.2) is 98.3 Å². The van der Waals surface area contributed by atoms with E-state index in [2.05, 4.69) is 51.2 Å². The van der Waals surface area contributed by atoms with Gasteiger partial charge in [-0.05, 0) is 53.4 Å². The van der Waals surface area contributed by atoms with Crippen molar-refractivity contribution in [2.24, 2.45) is 11.8 Å². The topological polar surface area (TPSA) is 225 Å². The maximum absolute atomic E-state index is 10.7. The number of carbonyl (C=O) groups is 7. The third-order valence-corrected chi connectivity index (χ3v) is 5.24.